The maximum atomic E-state index is 11.6. The molecule has 0 spiro atoms. The summed E-state index contributed by atoms with van der Waals surface area (Å²) in [5.74, 6) is -2.65. The number of halogens is 3. The molecule has 1 aliphatic heterocycles. The van der Waals surface area contributed by atoms with E-state index in [1.807, 2.05) is 0 Å². The predicted octanol–water partition coefficient (Wildman–Crippen LogP) is 3.44. The van der Waals surface area contributed by atoms with Crippen molar-refractivity contribution < 1.29 is 28.5 Å². The van der Waals surface area contributed by atoms with Crippen molar-refractivity contribution in [3.05, 3.63) is 22.6 Å². The smallest absolute Gasteiger partial charge is 0.302 e. The lowest BCUT2D eigenvalue weighted by molar-refractivity contribution is -0.228. The first-order valence-electron chi connectivity index (χ1n) is 7.96. The van der Waals surface area contributed by atoms with E-state index < -0.39 is 52.1 Å². The van der Waals surface area contributed by atoms with Crippen molar-refractivity contribution in [3.8, 4) is 0 Å². The molecule has 0 aliphatic carbocycles. The van der Waals surface area contributed by atoms with E-state index in [-0.39, 0.29) is 6.61 Å². The highest BCUT2D eigenvalue weighted by Gasteiger charge is 2.49. The number of nitrogens with one attached hydrogen (secondary N) is 1. The summed E-state index contributed by atoms with van der Waals surface area (Å²) in [6.07, 6.45) is -0.0264. The molecule has 156 valence electrons. The number of carbonyl (C=O) groups excluding carboxylic acids is 2. The second-order valence-electron chi connectivity index (χ2n) is 5.66. The van der Waals surface area contributed by atoms with Crippen molar-refractivity contribution in [1.29, 1.82) is 5.41 Å². The van der Waals surface area contributed by atoms with Crippen molar-refractivity contribution in [3.63, 3.8) is 0 Å². The second-order valence-corrected chi connectivity index (χ2v) is 7.94. The third-order valence-corrected chi connectivity index (χ3v) is 4.09. The van der Waals surface area contributed by atoms with Gasteiger partial charge in [-0.3, -0.25) is 15.0 Å². The van der Waals surface area contributed by atoms with Gasteiger partial charge in [0.2, 0.25) is 12.2 Å². The number of carbonyl (C=O) groups is 2. The first kappa shape index (κ1) is 24.3. The Morgan fingerprint density at radius 3 is 2.39 bits per heavy atom. The molecular weight excluding hydrogens is 439 g/mol. The first-order valence-corrected chi connectivity index (χ1v) is 9.10. The summed E-state index contributed by atoms with van der Waals surface area (Å²) in [4.78, 5) is 25.5. The normalized spacial score (nSPS) is 27.6. The predicted molar refractivity (Wildman–Crippen MR) is 101 cm³/mol. The van der Waals surface area contributed by atoms with Gasteiger partial charge in [0.1, 0.15) is 24.9 Å². The van der Waals surface area contributed by atoms with Crippen LogP contribution in [-0.2, 0) is 28.5 Å². The van der Waals surface area contributed by atoms with Crippen LogP contribution in [0.4, 0.5) is 0 Å². The Labute approximate surface area is 176 Å². The quantitative estimate of drug-likeness (QED) is 0.0945. The van der Waals surface area contributed by atoms with Crippen LogP contribution in [0, 0.1) is 11.3 Å². The summed E-state index contributed by atoms with van der Waals surface area (Å²) in [5.41, 5.74) is 8.93. The number of allylic oxidation sites excluding steroid dienone is 1. The minimum Gasteiger partial charge on any atom is -0.463 e. The van der Waals surface area contributed by atoms with Gasteiger partial charge < -0.3 is 18.9 Å². The molecule has 13 heteroatoms. The maximum Gasteiger partial charge on any atom is 0.302 e. The maximum absolute atomic E-state index is 11.6. The first-order chi connectivity index (χ1) is 13.0. The molecule has 0 aromatic carbocycles. The van der Waals surface area contributed by atoms with Crippen LogP contribution in [0.15, 0.2) is 17.3 Å². The molecule has 1 rings (SSSR count). The Balaban J connectivity index is 3.32. The van der Waals surface area contributed by atoms with Gasteiger partial charge in [-0.15, -0.1) is 0 Å². The number of hydrogen-bond donors (Lipinski definition) is 1. The van der Waals surface area contributed by atoms with E-state index in [2.05, 4.69) is 10.0 Å². The van der Waals surface area contributed by atoms with E-state index >= 15 is 0 Å². The third-order valence-electron chi connectivity index (χ3n) is 3.58. The minimum absolute atomic E-state index is 0.216. The molecule has 0 amide bonds. The molecule has 0 aromatic rings. The van der Waals surface area contributed by atoms with Gasteiger partial charge in [0, 0.05) is 24.7 Å². The fourth-order valence-corrected chi connectivity index (χ4v) is 2.68. The lowest BCUT2D eigenvalue weighted by atomic mass is 9.87. The largest absolute Gasteiger partial charge is 0.463 e. The topological polar surface area (TPSA) is 144 Å². The molecule has 0 saturated carbocycles. The van der Waals surface area contributed by atoms with Crippen LogP contribution in [0.1, 0.15) is 20.8 Å². The molecule has 1 saturated heterocycles. The van der Waals surface area contributed by atoms with Crippen LogP contribution < -0.4 is 0 Å². The molecule has 0 radical (unpaired) electrons. The summed E-state index contributed by atoms with van der Waals surface area (Å²) in [6, 6.07) is -1.21. The van der Waals surface area contributed by atoms with E-state index in [0.29, 0.717) is 0 Å². The van der Waals surface area contributed by atoms with E-state index in [0.717, 1.165) is 0 Å². The molecule has 5 atom stereocenters. The molecule has 0 bridgehead atoms. The summed E-state index contributed by atoms with van der Waals surface area (Å²) >= 11 is 16.9. The number of ether oxygens (including phenoxy) is 4. The zero-order valence-electron chi connectivity index (χ0n) is 15.2. The van der Waals surface area contributed by atoms with Crippen LogP contribution in [0.2, 0.25) is 0 Å². The van der Waals surface area contributed by atoms with Crippen molar-refractivity contribution in [1.82, 2.24) is 0 Å². The Kier molecular flexibility index (Phi) is 9.32. The number of hydrogen-bond acceptors (Lipinski definition) is 8. The van der Waals surface area contributed by atoms with Gasteiger partial charge in [-0.05, 0) is 12.5 Å². The second kappa shape index (κ2) is 10.7. The fourth-order valence-electron chi connectivity index (χ4n) is 2.54. The number of nitrogens with zero attached hydrogens (tertiary/aromatic N) is 3. The summed E-state index contributed by atoms with van der Waals surface area (Å²) in [5, 5.41) is 11.3. The zero-order chi connectivity index (χ0) is 21.5. The summed E-state index contributed by atoms with van der Waals surface area (Å²) in [6.45, 7) is 3.89. The van der Waals surface area contributed by atoms with E-state index in [4.69, 9.17) is 64.7 Å². The number of alkyl halides is 3. The highest BCUT2D eigenvalue weighted by atomic mass is 35.6. The molecule has 28 heavy (non-hydrogen) atoms. The average Bonchev–Trinajstić information content (AvgIpc) is 2.57. The van der Waals surface area contributed by atoms with Crippen molar-refractivity contribution >= 4 is 52.6 Å². The van der Waals surface area contributed by atoms with Gasteiger partial charge >= 0.3 is 11.9 Å². The van der Waals surface area contributed by atoms with Crippen LogP contribution >= 0.6 is 34.8 Å². The summed E-state index contributed by atoms with van der Waals surface area (Å²) < 4.78 is 19.1. The Morgan fingerprint density at radius 2 is 1.93 bits per heavy atom. The monoisotopic (exact) mass is 456 g/mol. The minimum atomic E-state index is -2.20. The van der Waals surface area contributed by atoms with Gasteiger partial charge in [-0.1, -0.05) is 52.1 Å². The number of azide groups is 1. The van der Waals surface area contributed by atoms with E-state index in [1.54, 1.807) is 19.1 Å². The molecule has 0 aromatic heterocycles. The van der Waals surface area contributed by atoms with Crippen LogP contribution in [0.3, 0.4) is 0 Å². The highest BCUT2D eigenvalue weighted by Crippen LogP contribution is 2.35. The third kappa shape index (κ3) is 7.03. The van der Waals surface area contributed by atoms with E-state index in [1.165, 1.54) is 13.8 Å². The van der Waals surface area contributed by atoms with E-state index in [9.17, 15) is 9.59 Å². The average molecular weight is 458 g/mol. The van der Waals surface area contributed by atoms with Crippen molar-refractivity contribution in [2.75, 3.05) is 6.61 Å². The lowest BCUT2D eigenvalue weighted by Gasteiger charge is -2.43. The molecular formula is C15H19Cl3N4O6. The highest BCUT2D eigenvalue weighted by molar-refractivity contribution is 6.76. The fraction of sp³-hybridized carbons (Fsp3) is 0.667. The van der Waals surface area contributed by atoms with Crippen LogP contribution in [-0.4, -0.2) is 52.8 Å². The number of rotatable bonds is 6. The van der Waals surface area contributed by atoms with Gasteiger partial charge in [0.15, 0.2) is 0 Å². The van der Waals surface area contributed by atoms with Crippen molar-refractivity contribution in [2.45, 2.75) is 49.1 Å². The molecule has 1 fully saturated rings. The summed E-state index contributed by atoms with van der Waals surface area (Å²) in [7, 11) is 0. The SMILES string of the molecule is C/C=C/[C@H]1C(COC(C)=O)OC(OC(=N)C(Cl)(Cl)Cl)C(N=[N+]=[N-])[C@H]1OC(C)=O. The van der Waals surface area contributed by atoms with Crippen LogP contribution in [0.25, 0.3) is 10.4 Å². The standard InChI is InChI=1S/C15H19Cl3N4O6/c1-4-5-9-10(6-25-7(2)23)27-13(28-14(19)15(16,17)18)11(21-22-20)12(9)26-8(3)24/h4-5,9-13,19H,6H2,1-3H3/b5-4+,19-14?/t9-,10?,11?,12-,13?/m0/s1. The Bertz CT molecular complexity index is 677. The molecule has 10 nitrogen and oxygen atoms in total. The van der Waals surface area contributed by atoms with Crippen molar-refractivity contribution in [2.24, 2.45) is 11.0 Å². The molecule has 3 unspecified atom stereocenters. The lowest BCUT2D eigenvalue weighted by Crippen LogP contribution is -2.57. The van der Waals surface area contributed by atoms with Gasteiger partial charge in [0.05, 0.1) is 0 Å². The number of esters is 2. The zero-order valence-corrected chi connectivity index (χ0v) is 17.4. The van der Waals surface area contributed by atoms with Gasteiger partial charge in [-0.2, -0.15) is 0 Å². The van der Waals surface area contributed by atoms with Gasteiger partial charge in [0.25, 0.3) is 3.79 Å². The molecule has 1 aliphatic rings. The van der Waals surface area contributed by atoms with Crippen LogP contribution in [0.5, 0.6) is 0 Å². The van der Waals surface area contributed by atoms with Gasteiger partial charge in [-0.25, -0.2) is 0 Å². The molecule has 1 heterocycles. The Hall–Kier alpha value is -1.71. The Morgan fingerprint density at radius 1 is 1.29 bits per heavy atom. The molecule has 1 N–H and O–H groups in total.